The fraction of sp³-hybridized carbons (Fsp3) is 0.429. The number of nitrogens with one attached hydrogen (secondary N) is 1. The predicted octanol–water partition coefficient (Wildman–Crippen LogP) is 5.38. The number of rotatable bonds is 3. The molecule has 5 heteroatoms. The van der Waals surface area contributed by atoms with Crippen LogP contribution >= 0.6 is 0 Å². The molecule has 1 aliphatic heterocycles. The molecule has 5 nitrogen and oxygen atoms in total. The van der Waals surface area contributed by atoms with Crippen LogP contribution in [0.3, 0.4) is 0 Å². The molecule has 1 saturated carbocycles. The van der Waals surface area contributed by atoms with Crippen LogP contribution in [0.1, 0.15) is 64.7 Å². The first-order chi connectivity index (χ1) is 12.6. The Kier molecular flexibility index (Phi) is 3.45. The summed E-state index contributed by atoms with van der Waals surface area (Å²) < 4.78 is 0. The molecule has 3 aromatic rings. The molecular weight excluding hydrogens is 322 g/mol. The Labute approximate surface area is 154 Å². The summed E-state index contributed by atoms with van der Waals surface area (Å²) in [6.45, 7) is 6.59. The molecule has 0 spiro atoms. The summed E-state index contributed by atoms with van der Waals surface area (Å²) in [5.74, 6) is 3.25. The van der Waals surface area contributed by atoms with Crippen LogP contribution in [0.15, 0.2) is 29.6 Å². The molecule has 3 aromatic heterocycles. The maximum absolute atomic E-state index is 4.76. The predicted molar refractivity (Wildman–Crippen MR) is 106 cm³/mol. The number of hydrogen-bond donors (Lipinski definition) is 1. The van der Waals surface area contributed by atoms with Gasteiger partial charge in [0, 0.05) is 59.6 Å². The Hall–Kier alpha value is -2.56. The van der Waals surface area contributed by atoms with Crippen LogP contribution in [0.5, 0.6) is 0 Å². The Balaban J connectivity index is 0.00000180. The van der Waals surface area contributed by atoms with E-state index in [0.717, 1.165) is 39.5 Å². The normalized spacial score (nSPS) is 19.7. The van der Waals surface area contributed by atoms with Crippen LogP contribution in [-0.4, -0.2) is 25.6 Å². The van der Waals surface area contributed by atoms with E-state index < -0.39 is 0 Å². The summed E-state index contributed by atoms with van der Waals surface area (Å²) in [6, 6.07) is 2.25. The van der Waals surface area contributed by atoms with Gasteiger partial charge in [-0.1, -0.05) is 20.3 Å². The molecule has 0 aromatic carbocycles. The summed E-state index contributed by atoms with van der Waals surface area (Å²) >= 11 is 0. The fourth-order valence-electron chi connectivity index (χ4n) is 4.27. The number of fused-ring (bicyclic) bond motifs is 2. The molecular formula is C21H25N5. The smallest absolute Gasteiger partial charge is 0.155 e. The zero-order chi connectivity index (χ0) is 17.8. The molecule has 134 valence electrons. The highest BCUT2D eigenvalue weighted by Gasteiger charge is 2.29. The summed E-state index contributed by atoms with van der Waals surface area (Å²) in [5, 5.41) is 1.06. The molecule has 5 rings (SSSR count). The van der Waals surface area contributed by atoms with Gasteiger partial charge in [-0.15, -0.1) is 0 Å². The Morgan fingerprint density at radius 2 is 2.04 bits per heavy atom. The highest BCUT2D eigenvalue weighted by atomic mass is 15.0. The topological polar surface area (TPSA) is 66.8 Å². The fourth-order valence-corrected chi connectivity index (χ4v) is 4.27. The second-order valence-corrected chi connectivity index (χ2v) is 7.93. The number of H-pyrrole nitrogens is 1. The molecule has 1 atom stereocenters. The van der Waals surface area contributed by atoms with Crippen LogP contribution in [0, 0.1) is 5.92 Å². The maximum atomic E-state index is 4.76. The largest absolute Gasteiger partial charge is 0.345 e. The Bertz CT molecular complexity index is 1030. The molecule has 4 heterocycles. The van der Waals surface area contributed by atoms with Crippen molar-refractivity contribution in [3.05, 3.63) is 36.0 Å². The molecule has 26 heavy (non-hydrogen) atoms. The summed E-state index contributed by atoms with van der Waals surface area (Å²) in [7, 11) is 0. The average molecular weight is 347 g/mol. The van der Waals surface area contributed by atoms with Crippen LogP contribution in [0.4, 0.5) is 5.82 Å². The summed E-state index contributed by atoms with van der Waals surface area (Å²) in [5.41, 5.74) is 5.53. The number of pyridine rings is 1. The molecule has 0 radical (unpaired) electrons. The molecule has 0 amide bonds. The van der Waals surface area contributed by atoms with Gasteiger partial charge in [-0.25, -0.2) is 19.9 Å². The van der Waals surface area contributed by atoms with E-state index in [1.165, 1.54) is 24.8 Å². The quantitative estimate of drug-likeness (QED) is 0.691. The molecule has 1 aliphatic carbocycles. The second kappa shape index (κ2) is 5.73. The number of aliphatic imine (C=N–C) groups is 1. The zero-order valence-electron chi connectivity index (χ0n) is 15.5. The number of hydrogen-bond acceptors (Lipinski definition) is 4. The number of aromatic amines is 1. The van der Waals surface area contributed by atoms with E-state index in [1.807, 2.05) is 18.6 Å². The third kappa shape index (κ3) is 2.30. The first-order valence-corrected chi connectivity index (χ1v) is 9.51. The van der Waals surface area contributed by atoms with Crippen LogP contribution in [-0.2, 0) is 0 Å². The first-order valence-electron chi connectivity index (χ1n) is 9.51. The van der Waals surface area contributed by atoms with Crippen molar-refractivity contribution in [1.29, 1.82) is 0 Å². The summed E-state index contributed by atoms with van der Waals surface area (Å²) in [6.07, 6.45) is 9.63. The molecule has 1 fully saturated rings. The van der Waals surface area contributed by atoms with Crippen molar-refractivity contribution in [2.45, 2.75) is 51.9 Å². The lowest BCUT2D eigenvalue weighted by Gasteiger charge is -2.23. The molecule has 2 aliphatic rings. The minimum Gasteiger partial charge on any atom is -0.345 e. The van der Waals surface area contributed by atoms with Gasteiger partial charge in [-0.3, -0.25) is 0 Å². The van der Waals surface area contributed by atoms with E-state index in [-0.39, 0.29) is 1.43 Å². The minimum atomic E-state index is 0. The zero-order valence-corrected chi connectivity index (χ0v) is 15.5. The lowest BCUT2D eigenvalue weighted by molar-refractivity contribution is 0.402. The van der Waals surface area contributed by atoms with Gasteiger partial charge in [0.25, 0.3) is 0 Å². The van der Waals surface area contributed by atoms with Crippen molar-refractivity contribution >= 4 is 22.6 Å². The Morgan fingerprint density at radius 3 is 2.77 bits per heavy atom. The molecule has 0 saturated heterocycles. The van der Waals surface area contributed by atoms with Gasteiger partial charge in [0.2, 0.25) is 0 Å². The highest BCUT2D eigenvalue weighted by Crippen LogP contribution is 2.41. The van der Waals surface area contributed by atoms with Crippen molar-refractivity contribution in [3.8, 4) is 11.1 Å². The second-order valence-electron chi connectivity index (χ2n) is 7.93. The van der Waals surface area contributed by atoms with Gasteiger partial charge in [-0.05, 0) is 31.7 Å². The van der Waals surface area contributed by atoms with Crippen molar-refractivity contribution in [3.63, 3.8) is 0 Å². The molecule has 0 bridgehead atoms. The maximum Gasteiger partial charge on any atom is 0.155 e. The van der Waals surface area contributed by atoms with Gasteiger partial charge in [0.05, 0.1) is 0 Å². The van der Waals surface area contributed by atoms with E-state index in [1.54, 1.807) is 0 Å². The van der Waals surface area contributed by atoms with Crippen molar-refractivity contribution in [2.75, 3.05) is 0 Å². The van der Waals surface area contributed by atoms with Crippen LogP contribution < -0.4 is 0 Å². The third-order valence-corrected chi connectivity index (χ3v) is 5.86. The van der Waals surface area contributed by atoms with Crippen LogP contribution in [0.2, 0.25) is 0 Å². The SMILES string of the molecule is CC1=Nc2ncc(-c3c[nH]c4nc(C5CCC5)ncc34)cc2C1C(C)C.[HH]. The third-order valence-electron chi connectivity index (χ3n) is 5.86. The van der Waals surface area contributed by atoms with E-state index >= 15 is 0 Å². The average Bonchev–Trinajstić information content (AvgIpc) is 3.12. The van der Waals surface area contributed by atoms with E-state index in [2.05, 4.69) is 46.8 Å². The number of aromatic nitrogens is 4. The lowest BCUT2D eigenvalue weighted by atomic mass is 9.85. The Morgan fingerprint density at radius 1 is 1.19 bits per heavy atom. The first kappa shape index (κ1) is 15.7. The summed E-state index contributed by atoms with van der Waals surface area (Å²) in [4.78, 5) is 22.0. The standard InChI is InChI=1S/C21H23N5.H2/c1-11(2)18-12(3)25-20-15(18)7-14(8-22-20)16-9-24-21-17(16)10-23-19(26-21)13-5-4-6-13;/h7-11,13,18H,4-6H2,1-3H3,(H,23,24,26);1H. The van der Waals surface area contributed by atoms with E-state index in [4.69, 9.17) is 4.98 Å². The van der Waals surface area contributed by atoms with Crippen LogP contribution in [0.25, 0.3) is 22.2 Å². The van der Waals surface area contributed by atoms with Gasteiger partial charge >= 0.3 is 0 Å². The van der Waals surface area contributed by atoms with E-state index in [0.29, 0.717) is 17.8 Å². The van der Waals surface area contributed by atoms with Crippen molar-refractivity contribution < 1.29 is 1.43 Å². The molecule has 1 unspecified atom stereocenters. The van der Waals surface area contributed by atoms with Crippen molar-refractivity contribution in [2.24, 2.45) is 10.9 Å². The number of nitrogens with zero attached hydrogens (tertiary/aromatic N) is 4. The highest BCUT2D eigenvalue weighted by molar-refractivity contribution is 5.98. The van der Waals surface area contributed by atoms with E-state index in [9.17, 15) is 0 Å². The lowest BCUT2D eigenvalue weighted by Crippen LogP contribution is -2.12. The van der Waals surface area contributed by atoms with Gasteiger partial charge in [0.15, 0.2) is 5.82 Å². The minimum absolute atomic E-state index is 0. The molecule has 1 N–H and O–H groups in total. The monoisotopic (exact) mass is 347 g/mol. The van der Waals surface area contributed by atoms with Gasteiger partial charge in [-0.2, -0.15) is 0 Å². The van der Waals surface area contributed by atoms with Gasteiger partial charge in [0.1, 0.15) is 11.5 Å². The van der Waals surface area contributed by atoms with Crippen molar-refractivity contribution in [1.82, 2.24) is 19.9 Å². The van der Waals surface area contributed by atoms with Gasteiger partial charge < -0.3 is 4.98 Å².